The van der Waals surface area contributed by atoms with Gasteiger partial charge in [-0.25, -0.2) is 4.39 Å². The first-order chi connectivity index (χ1) is 9.51. The van der Waals surface area contributed by atoms with Gasteiger partial charge in [0.25, 0.3) is 0 Å². The van der Waals surface area contributed by atoms with E-state index < -0.39 is 0 Å². The van der Waals surface area contributed by atoms with Crippen LogP contribution in [0.5, 0.6) is 0 Å². The second-order valence-corrected chi connectivity index (χ2v) is 5.46. The van der Waals surface area contributed by atoms with E-state index in [1.54, 1.807) is 19.2 Å². The SMILES string of the molecule is COCCN(CC(=O)Cc1ccc(F)cc1)CC(C)C. The molecule has 0 saturated carbocycles. The lowest BCUT2D eigenvalue weighted by Gasteiger charge is -2.23. The molecular weight excluding hydrogens is 257 g/mol. The third-order valence-corrected chi connectivity index (χ3v) is 2.95. The van der Waals surface area contributed by atoms with Gasteiger partial charge < -0.3 is 4.74 Å². The average molecular weight is 281 g/mol. The normalized spacial score (nSPS) is 11.3. The molecule has 0 fully saturated rings. The molecule has 1 rings (SSSR count). The average Bonchev–Trinajstić information content (AvgIpc) is 2.38. The number of ketones is 1. The van der Waals surface area contributed by atoms with Gasteiger partial charge in [0, 0.05) is 26.6 Å². The fourth-order valence-electron chi connectivity index (χ4n) is 2.11. The van der Waals surface area contributed by atoms with Crippen LogP contribution >= 0.6 is 0 Å². The first-order valence-electron chi connectivity index (χ1n) is 6.98. The molecule has 0 aromatic heterocycles. The van der Waals surface area contributed by atoms with Crippen molar-refractivity contribution < 1.29 is 13.9 Å². The van der Waals surface area contributed by atoms with Crippen LogP contribution in [-0.4, -0.2) is 44.0 Å². The number of carbonyl (C=O) groups is 1. The molecule has 4 heteroatoms. The molecule has 0 aliphatic carbocycles. The highest BCUT2D eigenvalue weighted by atomic mass is 19.1. The van der Waals surface area contributed by atoms with Crippen molar-refractivity contribution in [3.05, 3.63) is 35.6 Å². The summed E-state index contributed by atoms with van der Waals surface area (Å²) >= 11 is 0. The number of carbonyl (C=O) groups excluding carboxylic acids is 1. The van der Waals surface area contributed by atoms with Crippen molar-refractivity contribution in [1.29, 1.82) is 0 Å². The molecule has 0 aliphatic rings. The van der Waals surface area contributed by atoms with Crippen LogP contribution in [0.25, 0.3) is 0 Å². The summed E-state index contributed by atoms with van der Waals surface area (Å²) < 4.78 is 17.9. The summed E-state index contributed by atoms with van der Waals surface area (Å²) in [5, 5.41) is 0. The summed E-state index contributed by atoms with van der Waals surface area (Å²) in [6.07, 6.45) is 0.349. The Hall–Kier alpha value is -1.26. The summed E-state index contributed by atoms with van der Waals surface area (Å²) in [6, 6.07) is 6.10. The van der Waals surface area contributed by atoms with Gasteiger partial charge in [0.15, 0.2) is 5.78 Å². The molecule has 0 unspecified atom stereocenters. The maximum Gasteiger partial charge on any atom is 0.151 e. The van der Waals surface area contributed by atoms with Crippen LogP contribution in [0.1, 0.15) is 19.4 Å². The van der Waals surface area contributed by atoms with Crippen LogP contribution in [0.15, 0.2) is 24.3 Å². The quantitative estimate of drug-likeness (QED) is 0.696. The first kappa shape index (κ1) is 16.8. The predicted octanol–water partition coefficient (Wildman–Crippen LogP) is 2.54. The Kier molecular flexibility index (Phi) is 7.41. The maximum absolute atomic E-state index is 12.8. The van der Waals surface area contributed by atoms with E-state index >= 15 is 0 Å². The number of benzene rings is 1. The smallest absolute Gasteiger partial charge is 0.151 e. The molecule has 1 aromatic carbocycles. The van der Waals surface area contributed by atoms with Crippen molar-refractivity contribution >= 4 is 5.78 Å². The highest BCUT2D eigenvalue weighted by Crippen LogP contribution is 2.05. The Morgan fingerprint density at radius 1 is 1.30 bits per heavy atom. The Balaban J connectivity index is 2.49. The molecule has 20 heavy (non-hydrogen) atoms. The van der Waals surface area contributed by atoms with Crippen molar-refractivity contribution in [3.8, 4) is 0 Å². The van der Waals surface area contributed by atoms with Crippen LogP contribution in [0.2, 0.25) is 0 Å². The van der Waals surface area contributed by atoms with E-state index in [0.717, 1.165) is 18.7 Å². The molecule has 1 aromatic rings. The molecule has 0 N–H and O–H groups in total. The van der Waals surface area contributed by atoms with Crippen LogP contribution in [0, 0.1) is 11.7 Å². The van der Waals surface area contributed by atoms with Gasteiger partial charge in [-0.15, -0.1) is 0 Å². The lowest BCUT2D eigenvalue weighted by Crippen LogP contribution is -2.36. The first-order valence-corrected chi connectivity index (χ1v) is 6.98. The minimum absolute atomic E-state index is 0.147. The molecule has 0 amide bonds. The summed E-state index contributed by atoms with van der Waals surface area (Å²) in [7, 11) is 1.66. The van der Waals surface area contributed by atoms with E-state index in [-0.39, 0.29) is 11.6 Å². The minimum atomic E-state index is -0.275. The number of hydrogen-bond acceptors (Lipinski definition) is 3. The van der Waals surface area contributed by atoms with Crippen LogP contribution in [0.4, 0.5) is 4.39 Å². The minimum Gasteiger partial charge on any atom is -0.383 e. The van der Waals surface area contributed by atoms with Crippen molar-refractivity contribution in [1.82, 2.24) is 4.90 Å². The number of rotatable bonds is 9. The number of ether oxygens (including phenoxy) is 1. The summed E-state index contributed by atoms with van der Waals surface area (Å²) in [5.74, 6) is 0.376. The van der Waals surface area contributed by atoms with Crippen LogP contribution in [-0.2, 0) is 16.0 Å². The molecule has 0 saturated heterocycles. The van der Waals surface area contributed by atoms with E-state index in [9.17, 15) is 9.18 Å². The molecule has 0 aliphatic heterocycles. The van der Waals surface area contributed by atoms with E-state index in [0.29, 0.717) is 25.5 Å². The van der Waals surface area contributed by atoms with Gasteiger partial charge >= 0.3 is 0 Å². The molecule has 0 radical (unpaired) electrons. The van der Waals surface area contributed by atoms with Crippen LogP contribution in [0.3, 0.4) is 0 Å². The van der Waals surface area contributed by atoms with Crippen LogP contribution < -0.4 is 0 Å². The molecule has 3 nitrogen and oxygen atoms in total. The lowest BCUT2D eigenvalue weighted by molar-refractivity contribution is -0.119. The third-order valence-electron chi connectivity index (χ3n) is 2.95. The van der Waals surface area contributed by atoms with E-state index in [1.807, 2.05) is 0 Å². The Bertz CT molecular complexity index is 403. The van der Waals surface area contributed by atoms with Gasteiger partial charge in [-0.05, 0) is 23.6 Å². The standard InChI is InChI=1S/C16H24FNO2/c1-13(2)11-18(8-9-20-3)12-16(19)10-14-4-6-15(17)7-5-14/h4-7,13H,8-12H2,1-3H3. The molecular formula is C16H24FNO2. The zero-order valence-corrected chi connectivity index (χ0v) is 12.6. The molecule has 0 atom stereocenters. The van der Waals surface area contributed by atoms with Gasteiger partial charge in [0.1, 0.15) is 5.82 Å². The zero-order chi connectivity index (χ0) is 15.0. The molecule has 0 heterocycles. The Morgan fingerprint density at radius 3 is 2.50 bits per heavy atom. The number of halogens is 1. The van der Waals surface area contributed by atoms with Gasteiger partial charge in [0.05, 0.1) is 13.2 Å². The zero-order valence-electron chi connectivity index (χ0n) is 12.6. The van der Waals surface area contributed by atoms with Crippen molar-refractivity contribution in [2.24, 2.45) is 5.92 Å². The predicted molar refractivity (Wildman–Crippen MR) is 78.3 cm³/mol. The number of Topliss-reactive ketones (excluding diaryl/α,β-unsaturated/α-hetero) is 1. The largest absolute Gasteiger partial charge is 0.383 e. The van der Waals surface area contributed by atoms with Crippen molar-refractivity contribution in [2.75, 3.05) is 33.4 Å². The summed E-state index contributed by atoms with van der Waals surface area (Å²) in [6.45, 7) is 6.92. The van der Waals surface area contributed by atoms with Gasteiger partial charge in [0.2, 0.25) is 0 Å². The lowest BCUT2D eigenvalue weighted by atomic mass is 10.1. The number of nitrogens with zero attached hydrogens (tertiary/aromatic N) is 1. The van der Waals surface area contributed by atoms with Gasteiger partial charge in [-0.2, -0.15) is 0 Å². The third kappa shape index (κ3) is 6.78. The molecule has 0 bridgehead atoms. The van der Waals surface area contributed by atoms with Gasteiger partial charge in [-0.3, -0.25) is 9.69 Å². The fraction of sp³-hybridized carbons (Fsp3) is 0.562. The second-order valence-electron chi connectivity index (χ2n) is 5.46. The van der Waals surface area contributed by atoms with E-state index in [1.165, 1.54) is 12.1 Å². The van der Waals surface area contributed by atoms with E-state index in [2.05, 4.69) is 18.7 Å². The van der Waals surface area contributed by atoms with Crippen molar-refractivity contribution in [2.45, 2.75) is 20.3 Å². The highest BCUT2D eigenvalue weighted by molar-refractivity contribution is 5.82. The number of methoxy groups -OCH3 is 1. The van der Waals surface area contributed by atoms with Gasteiger partial charge in [-0.1, -0.05) is 26.0 Å². The second kappa shape index (κ2) is 8.82. The monoisotopic (exact) mass is 281 g/mol. The number of hydrogen-bond donors (Lipinski definition) is 0. The Morgan fingerprint density at radius 2 is 1.95 bits per heavy atom. The fourth-order valence-corrected chi connectivity index (χ4v) is 2.11. The molecule has 112 valence electrons. The molecule has 0 spiro atoms. The topological polar surface area (TPSA) is 29.5 Å². The maximum atomic E-state index is 12.8. The van der Waals surface area contributed by atoms with E-state index in [4.69, 9.17) is 4.74 Å². The Labute approximate surface area is 120 Å². The summed E-state index contributed by atoms with van der Waals surface area (Å²) in [4.78, 5) is 14.2. The van der Waals surface area contributed by atoms with Crippen molar-refractivity contribution in [3.63, 3.8) is 0 Å². The highest BCUT2D eigenvalue weighted by Gasteiger charge is 2.12. The summed E-state index contributed by atoms with van der Waals surface area (Å²) in [5.41, 5.74) is 0.854.